The molecule has 1 aliphatic heterocycles. The van der Waals surface area contributed by atoms with Crippen LogP contribution in [0.4, 0.5) is 0 Å². The van der Waals surface area contributed by atoms with Gasteiger partial charge in [-0.3, -0.25) is 14.5 Å². The van der Waals surface area contributed by atoms with Crippen LogP contribution in [0.2, 0.25) is 0 Å². The zero-order valence-electron chi connectivity index (χ0n) is 13.0. The van der Waals surface area contributed by atoms with Gasteiger partial charge in [0.15, 0.2) is 5.96 Å². The highest BCUT2D eigenvalue weighted by Gasteiger charge is 2.25. The van der Waals surface area contributed by atoms with Crippen molar-refractivity contribution in [3.05, 3.63) is 12.7 Å². The molecule has 0 spiro atoms. The van der Waals surface area contributed by atoms with Crippen LogP contribution in [0.15, 0.2) is 17.6 Å². The summed E-state index contributed by atoms with van der Waals surface area (Å²) in [4.78, 5) is 21.7. The van der Waals surface area contributed by atoms with Gasteiger partial charge in [-0.15, -0.1) is 24.0 Å². The average molecular weight is 421 g/mol. The molecule has 1 fully saturated rings. The van der Waals surface area contributed by atoms with Crippen molar-refractivity contribution in [2.24, 2.45) is 4.99 Å². The first-order chi connectivity index (χ1) is 10.2. The molecule has 1 aromatic rings. The first-order valence-electron chi connectivity index (χ1n) is 7.30. The summed E-state index contributed by atoms with van der Waals surface area (Å²) in [6.45, 7) is 4.91. The van der Waals surface area contributed by atoms with Gasteiger partial charge < -0.3 is 15.5 Å². The topological polar surface area (TPSA) is 87.4 Å². The molecule has 124 valence electrons. The van der Waals surface area contributed by atoms with Gasteiger partial charge in [0.25, 0.3) is 0 Å². The molecular weight excluding hydrogens is 397 g/mol. The van der Waals surface area contributed by atoms with Gasteiger partial charge in [-0.1, -0.05) is 6.92 Å². The van der Waals surface area contributed by atoms with Crippen LogP contribution < -0.4 is 10.6 Å². The molecule has 1 saturated heterocycles. The number of carbonyl (C=O) groups is 1. The fraction of sp³-hybridized carbons (Fsp3) is 0.692. The highest BCUT2D eigenvalue weighted by molar-refractivity contribution is 14.0. The molecule has 1 atom stereocenters. The third-order valence-corrected chi connectivity index (χ3v) is 3.51. The van der Waals surface area contributed by atoms with Crippen LogP contribution in [0.25, 0.3) is 0 Å². The number of nitrogens with one attached hydrogen (secondary N) is 2. The molecule has 0 aromatic carbocycles. The quantitative estimate of drug-likeness (QED) is 0.399. The van der Waals surface area contributed by atoms with Crippen molar-refractivity contribution in [2.45, 2.75) is 32.4 Å². The van der Waals surface area contributed by atoms with Crippen molar-refractivity contribution in [3.8, 4) is 0 Å². The molecule has 9 heteroatoms. The second-order valence-corrected chi connectivity index (χ2v) is 4.98. The van der Waals surface area contributed by atoms with Gasteiger partial charge in [-0.05, 0) is 6.42 Å². The van der Waals surface area contributed by atoms with Gasteiger partial charge in [0.05, 0.1) is 6.54 Å². The van der Waals surface area contributed by atoms with E-state index in [4.69, 9.17) is 0 Å². The molecule has 1 aliphatic rings. The Bertz CT molecular complexity index is 477. The van der Waals surface area contributed by atoms with E-state index in [1.165, 1.54) is 6.33 Å². The summed E-state index contributed by atoms with van der Waals surface area (Å²) >= 11 is 0. The minimum Gasteiger partial charge on any atom is -0.355 e. The molecule has 1 aromatic heterocycles. The van der Waals surface area contributed by atoms with Gasteiger partial charge in [-0.2, -0.15) is 5.10 Å². The Balaban J connectivity index is 0.00000242. The van der Waals surface area contributed by atoms with E-state index in [9.17, 15) is 4.79 Å². The normalized spacial score (nSPS) is 18.0. The smallest absolute Gasteiger partial charge is 0.222 e. The fourth-order valence-electron chi connectivity index (χ4n) is 2.35. The number of likely N-dealkylation sites (tertiary alicyclic amines) is 1. The molecule has 1 amide bonds. The molecule has 2 rings (SSSR count). The SMILES string of the molecule is CCC(=O)N1CCC(NC(=NC)NCCn2cncn2)C1.I. The summed E-state index contributed by atoms with van der Waals surface area (Å²) in [7, 11) is 1.74. The van der Waals surface area contributed by atoms with Gasteiger partial charge in [0.1, 0.15) is 12.7 Å². The number of nitrogens with zero attached hydrogens (tertiary/aromatic N) is 5. The number of guanidine groups is 1. The molecule has 0 radical (unpaired) electrons. The highest BCUT2D eigenvalue weighted by atomic mass is 127. The highest BCUT2D eigenvalue weighted by Crippen LogP contribution is 2.10. The standard InChI is InChI=1S/C13H23N7O.HI/c1-3-12(21)19-6-4-11(8-19)18-13(14-2)16-5-7-20-10-15-9-17-20;/h9-11H,3-8H2,1-2H3,(H2,14,16,18);1H. The lowest BCUT2D eigenvalue weighted by molar-refractivity contribution is -0.129. The number of aromatic nitrogens is 3. The maximum Gasteiger partial charge on any atom is 0.222 e. The second-order valence-electron chi connectivity index (χ2n) is 4.98. The molecule has 0 aliphatic carbocycles. The molecule has 22 heavy (non-hydrogen) atoms. The fourth-order valence-corrected chi connectivity index (χ4v) is 2.35. The zero-order chi connectivity index (χ0) is 15.1. The van der Waals surface area contributed by atoms with Crippen LogP contribution in [0.5, 0.6) is 0 Å². The third-order valence-electron chi connectivity index (χ3n) is 3.51. The Labute approximate surface area is 147 Å². The van der Waals surface area contributed by atoms with E-state index in [0.29, 0.717) is 13.0 Å². The van der Waals surface area contributed by atoms with Crippen LogP contribution in [0.3, 0.4) is 0 Å². The molecule has 2 N–H and O–H groups in total. The summed E-state index contributed by atoms with van der Waals surface area (Å²) < 4.78 is 1.76. The van der Waals surface area contributed by atoms with E-state index in [2.05, 4.69) is 25.7 Å². The van der Waals surface area contributed by atoms with Crippen LogP contribution in [0.1, 0.15) is 19.8 Å². The minimum absolute atomic E-state index is 0. The van der Waals surface area contributed by atoms with Crippen molar-refractivity contribution >= 4 is 35.8 Å². The molecule has 8 nitrogen and oxygen atoms in total. The predicted molar refractivity (Wildman–Crippen MR) is 95.2 cm³/mol. The first-order valence-corrected chi connectivity index (χ1v) is 7.30. The first kappa shape index (κ1) is 18.7. The summed E-state index contributed by atoms with van der Waals surface area (Å²) in [5.74, 6) is 0.972. The number of amides is 1. The minimum atomic E-state index is 0. The molecule has 0 bridgehead atoms. The summed E-state index contributed by atoms with van der Waals surface area (Å²) in [5.41, 5.74) is 0. The third kappa shape index (κ3) is 5.43. The lowest BCUT2D eigenvalue weighted by Gasteiger charge is -2.18. The Morgan fingerprint density at radius 3 is 2.95 bits per heavy atom. The van der Waals surface area contributed by atoms with Crippen LogP contribution >= 0.6 is 24.0 Å². The maximum absolute atomic E-state index is 11.7. The van der Waals surface area contributed by atoms with E-state index in [-0.39, 0.29) is 35.9 Å². The number of hydrogen-bond acceptors (Lipinski definition) is 4. The molecule has 1 unspecified atom stereocenters. The van der Waals surface area contributed by atoms with E-state index < -0.39 is 0 Å². The van der Waals surface area contributed by atoms with Gasteiger partial charge in [0, 0.05) is 39.1 Å². The average Bonchev–Trinajstić information content (AvgIpc) is 3.16. The van der Waals surface area contributed by atoms with E-state index in [1.54, 1.807) is 18.1 Å². The van der Waals surface area contributed by atoms with Gasteiger partial charge in [0.2, 0.25) is 5.91 Å². The van der Waals surface area contributed by atoms with Crippen molar-refractivity contribution in [2.75, 3.05) is 26.7 Å². The maximum atomic E-state index is 11.7. The van der Waals surface area contributed by atoms with Gasteiger partial charge in [-0.25, -0.2) is 4.98 Å². The number of hydrogen-bond donors (Lipinski definition) is 2. The Hall–Kier alpha value is -1.39. The Kier molecular flexibility index (Phi) is 8.13. The Morgan fingerprint density at radius 1 is 1.50 bits per heavy atom. The lowest BCUT2D eigenvalue weighted by atomic mass is 10.3. The molecule has 0 saturated carbocycles. The summed E-state index contributed by atoms with van der Waals surface area (Å²) in [5, 5.41) is 10.6. The largest absolute Gasteiger partial charge is 0.355 e. The van der Waals surface area contributed by atoms with Gasteiger partial charge >= 0.3 is 0 Å². The summed E-state index contributed by atoms with van der Waals surface area (Å²) in [6.07, 6.45) is 4.72. The van der Waals surface area contributed by atoms with Crippen LogP contribution in [0, 0.1) is 0 Å². The van der Waals surface area contributed by atoms with E-state index >= 15 is 0 Å². The zero-order valence-corrected chi connectivity index (χ0v) is 15.4. The lowest BCUT2D eigenvalue weighted by Crippen LogP contribution is -2.45. The van der Waals surface area contributed by atoms with E-state index in [0.717, 1.165) is 32.0 Å². The number of carbonyl (C=O) groups excluding carboxylic acids is 1. The van der Waals surface area contributed by atoms with Crippen molar-refractivity contribution in [1.82, 2.24) is 30.3 Å². The predicted octanol–water partition coefficient (Wildman–Crippen LogP) is 0.0720. The molecular formula is C13H24IN7O. The van der Waals surface area contributed by atoms with Crippen molar-refractivity contribution < 1.29 is 4.79 Å². The monoisotopic (exact) mass is 421 g/mol. The van der Waals surface area contributed by atoms with Crippen molar-refractivity contribution in [3.63, 3.8) is 0 Å². The van der Waals surface area contributed by atoms with Crippen molar-refractivity contribution in [1.29, 1.82) is 0 Å². The number of halogens is 1. The Morgan fingerprint density at radius 2 is 2.32 bits per heavy atom. The number of rotatable bonds is 5. The number of aliphatic imine (C=N–C) groups is 1. The molecule has 2 heterocycles. The second kappa shape index (κ2) is 9.59. The summed E-state index contributed by atoms with van der Waals surface area (Å²) in [6, 6.07) is 0.262. The van der Waals surface area contributed by atoms with Crippen LogP contribution in [-0.2, 0) is 11.3 Å². The van der Waals surface area contributed by atoms with E-state index in [1.807, 2.05) is 11.8 Å². The van der Waals surface area contributed by atoms with Crippen LogP contribution in [-0.4, -0.2) is 64.3 Å².